The van der Waals surface area contributed by atoms with Crippen molar-refractivity contribution in [1.29, 1.82) is 0 Å². The smallest absolute Gasteiger partial charge is 0.252 e. The predicted octanol–water partition coefficient (Wildman–Crippen LogP) is 3.99. The normalized spacial score (nSPS) is 9.54. The summed E-state index contributed by atoms with van der Waals surface area (Å²) in [5.41, 5.74) is 1.68. The van der Waals surface area contributed by atoms with Crippen LogP contribution in [0.3, 0.4) is 0 Å². The molecule has 0 saturated carbocycles. The average molecular weight is 384 g/mol. The number of allylic oxidation sites excluding steroid dienone is 1. The van der Waals surface area contributed by atoms with E-state index in [2.05, 4.69) is 39.7 Å². The lowest BCUT2D eigenvalue weighted by molar-refractivity contribution is 0.0958. The first-order chi connectivity index (χ1) is 11.7. The maximum atomic E-state index is 11.9. The van der Waals surface area contributed by atoms with Crippen LogP contribution in [0.25, 0.3) is 0 Å². The van der Waals surface area contributed by atoms with Gasteiger partial charge in [0, 0.05) is 10.0 Å². The third-order valence-electron chi connectivity index (χ3n) is 3.19. The fourth-order valence-electron chi connectivity index (χ4n) is 2.05. The minimum atomic E-state index is -0.150. The Labute approximate surface area is 150 Å². The summed E-state index contributed by atoms with van der Waals surface area (Å²) in [6.45, 7) is 4.30. The number of carbonyl (C=O) groups excluding carboxylic acids is 1. The Morgan fingerprint density at radius 3 is 2.83 bits per heavy atom. The monoisotopic (exact) mass is 383 g/mol. The third-order valence-corrected chi connectivity index (χ3v) is 3.68. The molecular weight excluding hydrogens is 366 g/mol. The molecule has 3 nitrogen and oxygen atoms in total. The predicted molar refractivity (Wildman–Crippen MR) is 100 cm³/mol. The summed E-state index contributed by atoms with van der Waals surface area (Å²) >= 11 is 3.34. The number of hydrogen-bond donors (Lipinski definition) is 1. The van der Waals surface area contributed by atoms with Crippen LogP contribution in [0.15, 0.2) is 65.7 Å². The van der Waals surface area contributed by atoms with Gasteiger partial charge in [0.25, 0.3) is 5.91 Å². The SMILES string of the molecule is C=CCc1ccccc1OCC#CCNC(=O)c1cccc(Br)c1. The highest BCUT2D eigenvalue weighted by Gasteiger charge is 2.03. The molecule has 2 aromatic rings. The van der Waals surface area contributed by atoms with E-state index >= 15 is 0 Å². The van der Waals surface area contributed by atoms with E-state index in [1.807, 2.05) is 42.5 Å². The summed E-state index contributed by atoms with van der Waals surface area (Å²) in [5, 5.41) is 2.75. The first kappa shape index (κ1) is 17.8. The number of amides is 1. The second-order valence-corrected chi connectivity index (χ2v) is 5.85. The molecule has 0 bridgehead atoms. The van der Waals surface area contributed by atoms with Crippen LogP contribution >= 0.6 is 15.9 Å². The first-order valence-corrected chi connectivity index (χ1v) is 8.31. The Bertz CT molecular complexity index is 774. The number of hydrogen-bond acceptors (Lipinski definition) is 2. The molecule has 0 spiro atoms. The molecule has 0 aliphatic carbocycles. The highest BCUT2D eigenvalue weighted by Crippen LogP contribution is 2.18. The van der Waals surface area contributed by atoms with Crippen LogP contribution in [-0.4, -0.2) is 19.1 Å². The number of nitrogens with one attached hydrogen (secondary N) is 1. The van der Waals surface area contributed by atoms with Crippen molar-refractivity contribution in [3.8, 4) is 17.6 Å². The van der Waals surface area contributed by atoms with E-state index in [1.165, 1.54) is 0 Å². The van der Waals surface area contributed by atoms with Gasteiger partial charge in [-0.15, -0.1) is 6.58 Å². The topological polar surface area (TPSA) is 38.3 Å². The molecule has 2 rings (SSSR count). The molecular formula is C20H18BrNO2. The molecule has 0 unspecified atom stereocenters. The van der Waals surface area contributed by atoms with Gasteiger partial charge < -0.3 is 10.1 Å². The summed E-state index contributed by atoms with van der Waals surface area (Å²) in [7, 11) is 0. The van der Waals surface area contributed by atoms with Gasteiger partial charge in [0.1, 0.15) is 12.4 Å². The first-order valence-electron chi connectivity index (χ1n) is 7.52. The molecule has 1 amide bonds. The fourth-order valence-corrected chi connectivity index (χ4v) is 2.45. The molecule has 24 heavy (non-hydrogen) atoms. The van der Waals surface area contributed by atoms with Crippen LogP contribution < -0.4 is 10.1 Å². The van der Waals surface area contributed by atoms with Crippen LogP contribution in [0, 0.1) is 11.8 Å². The highest BCUT2D eigenvalue weighted by atomic mass is 79.9. The number of ether oxygens (including phenoxy) is 1. The minimum Gasteiger partial charge on any atom is -0.481 e. The van der Waals surface area contributed by atoms with E-state index in [0.29, 0.717) is 5.56 Å². The summed E-state index contributed by atoms with van der Waals surface area (Å²) in [5.74, 6) is 6.44. The van der Waals surface area contributed by atoms with Gasteiger partial charge in [0.15, 0.2) is 0 Å². The van der Waals surface area contributed by atoms with Gasteiger partial charge >= 0.3 is 0 Å². The molecule has 4 heteroatoms. The van der Waals surface area contributed by atoms with Crippen LogP contribution in [0.4, 0.5) is 0 Å². The van der Waals surface area contributed by atoms with Crippen LogP contribution in [-0.2, 0) is 6.42 Å². The molecule has 0 saturated heterocycles. The van der Waals surface area contributed by atoms with Crippen molar-refractivity contribution in [3.05, 3.63) is 76.8 Å². The Hall–Kier alpha value is -2.51. The largest absolute Gasteiger partial charge is 0.481 e. The lowest BCUT2D eigenvalue weighted by Crippen LogP contribution is -2.23. The van der Waals surface area contributed by atoms with Gasteiger partial charge in [0.05, 0.1) is 6.54 Å². The van der Waals surface area contributed by atoms with Crippen molar-refractivity contribution in [2.45, 2.75) is 6.42 Å². The van der Waals surface area contributed by atoms with Gasteiger partial charge in [-0.1, -0.05) is 58.1 Å². The van der Waals surface area contributed by atoms with Gasteiger partial charge in [0.2, 0.25) is 0 Å². The van der Waals surface area contributed by atoms with Crippen LogP contribution in [0.1, 0.15) is 15.9 Å². The average Bonchev–Trinajstić information content (AvgIpc) is 2.59. The number of carbonyl (C=O) groups is 1. The lowest BCUT2D eigenvalue weighted by Gasteiger charge is -2.07. The molecule has 0 aliphatic rings. The second kappa shape index (κ2) is 9.59. The van der Waals surface area contributed by atoms with E-state index in [0.717, 1.165) is 22.2 Å². The molecule has 0 aromatic heterocycles. The lowest BCUT2D eigenvalue weighted by atomic mass is 10.1. The van der Waals surface area contributed by atoms with E-state index in [1.54, 1.807) is 12.1 Å². The van der Waals surface area contributed by atoms with Crippen molar-refractivity contribution >= 4 is 21.8 Å². The minimum absolute atomic E-state index is 0.150. The van der Waals surface area contributed by atoms with Gasteiger partial charge in [-0.3, -0.25) is 4.79 Å². The van der Waals surface area contributed by atoms with Gasteiger partial charge in [-0.05, 0) is 36.2 Å². The standard InChI is InChI=1S/C20H18BrNO2/c1-2-8-16-9-3-4-12-19(16)24-14-6-5-13-22-20(23)17-10-7-11-18(21)15-17/h2-4,7,9-12,15H,1,8,13-14H2,(H,22,23). The third kappa shape index (κ3) is 5.60. The van der Waals surface area contributed by atoms with Gasteiger partial charge in [-0.2, -0.15) is 0 Å². The molecule has 1 N–H and O–H groups in total. The van der Waals surface area contributed by atoms with E-state index < -0.39 is 0 Å². The molecule has 0 heterocycles. The fraction of sp³-hybridized carbons (Fsp3) is 0.150. The molecule has 2 aromatic carbocycles. The molecule has 122 valence electrons. The van der Waals surface area contributed by atoms with Crippen LogP contribution in [0.2, 0.25) is 0 Å². The zero-order chi connectivity index (χ0) is 17.2. The summed E-state index contributed by atoms with van der Waals surface area (Å²) in [6, 6.07) is 15.0. The maximum absolute atomic E-state index is 11.9. The summed E-state index contributed by atoms with van der Waals surface area (Å²) in [4.78, 5) is 11.9. The molecule has 0 radical (unpaired) electrons. The Morgan fingerprint density at radius 1 is 1.21 bits per heavy atom. The number of rotatable bonds is 6. The number of halogens is 1. The Kier molecular flexibility index (Phi) is 7.13. The van der Waals surface area contributed by atoms with Crippen molar-refractivity contribution in [2.24, 2.45) is 0 Å². The Morgan fingerprint density at radius 2 is 2.04 bits per heavy atom. The van der Waals surface area contributed by atoms with Crippen molar-refractivity contribution in [3.63, 3.8) is 0 Å². The second-order valence-electron chi connectivity index (χ2n) is 4.94. The van der Waals surface area contributed by atoms with Crippen LogP contribution in [0.5, 0.6) is 5.75 Å². The summed E-state index contributed by atoms with van der Waals surface area (Å²) < 4.78 is 6.53. The quantitative estimate of drug-likeness (QED) is 0.604. The maximum Gasteiger partial charge on any atom is 0.252 e. The van der Waals surface area contributed by atoms with Crippen molar-refractivity contribution < 1.29 is 9.53 Å². The van der Waals surface area contributed by atoms with E-state index in [-0.39, 0.29) is 19.1 Å². The number of benzene rings is 2. The van der Waals surface area contributed by atoms with Crippen molar-refractivity contribution in [1.82, 2.24) is 5.32 Å². The number of para-hydroxylation sites is 1. The molecule has 0 fully saturated rings. The summed E-state index contributed by atoms with van der Waals surface area (Å²) in [6.07, 6.45) is 2.59. The zero-order valence-corrected chi connectivity index (χ0v) is 14.8. The highest BCUT2D eigenvalue weighted by molar-refractivity contribution is 9.10. The van der Waals surface area contributed by atoms with E-state index in [4.69, 9.17) is 4.74 Å². The molecule has 0 aliphatic heterocycles. The van der Waals surface area contributed by atoms with Crippen molar-refractivity contribution in [2.75, 3.05) is 13.2 Å². The zero-order valence-electron chi connectivity index (χ0n) is 13.2. The van der Waals surface area contributed by atoms with Gasteiger partial charge in [-0.25, -0.2) is 0 Å². The van der Waals surface area contributed by atoms with E-state index in [9.17, 15) is 4.79 Å². The molecule has 0 atom stereocenters. The Balaban J connectivity index is 1.78.